The Morgan fingerprint density at radius 2 is 1.95 bits per heavy atom. The lowest BCUT2D eigenvalue weighted by Gasteiger charge is -2.31. The molecule has 1 heterocycles. The van der Waals surface area contributed by atoms with E-state index in [0.717, 1.165) is 12.8 Å². The third-order valence-electron chi connectivity index (χ3n) is 4.02. The van der Waals surface area contributed by atoms with Gasteiger partial charge < -0.3 is 5.32 Å². The first-order valence-corrected chi connectivity index (χ1v) is 8.62. The van der Waals surface area contributed by atoms with Crippen LogP contribution in [0.15, 0.2) is 41.9 Å². The molecule has 1 aromatic heterocycles. The zero-order chi connectivity index (χ0) is 15.3. The van der Waals surface area contributed by atoms with E-state index in [0.29, 0.717) is 12.1 Å². The quantitative estimate of drug-likeness (QED) is 0.783. The number of nitrogens with zero attached hydrogens (tertiary/aromatic N) is 1. The average Bonchev–Trinajstić information content (AvgIpc) is 2.99. The maximum atomic E-state index is 4.45. The maximum absolute atomic E-state index is 4.45. The number of benzene rings is 1. The molecule has 0 saturated heterocycles. The lowest BCUT2D eigenvalue weighted by molar-refractivity contribution is 0.353. The van der Waals surface area contributed by atoms with Gasteiger partial charge >= 0.3 is 0 Å². The SMILES string of the molecule is CCC(NC(C)CC(C)(C)c1ccccc1)c1nccs1. The van der Waals surface area contributed by atoms with E-state index in [1.165, 1.54) is 10.6 Å². The Kier molecular flexibility index (Phi) is 5.54. The highest BCUT2D eigenvalue weighted by Crippen LogP contribution is 2.29. The standard InChI is InChI=1S/C18H26N2S/c1-5-16(17-19-11-12-21-17)20-14(2)13-18(3,4)15-9-7-6-8-10-15/h6-12,14,16,20H,5,13H2,1-4H3. The van der Waals surface area contributed by atoms with Gasteiger partial charge in [-0.15, -0.1) is 11.3 Å². The lowest BCUT2D eigenvalue weighted by Crippen LogP contribution is -2.35. The molecule has 0 spiro atoms. The predicted octanol–water partition coefficient (Wildman–Crippen LogP) is 4.94. The van der Waals surface area contributed by atoms with Gasteiger partial charge in [0.1, 0.15) is 5.01 Å². The fraction of sp³-hybridized carbons (Fsp3) is 0.500. The largest absolute Gasteiger partial charge is 0.305 e. The third-order valence-corrected chi connectivity index (χ3v) is 4.90. The third kappa shape index (κ3) is 4.39. The Bertz CT molecular complexity index is 519. The van der Waals surface area contributed by atoms with Gasteiger partial charge in [0, 0.05) is 17.6 Å². The molecule has 2 aromatic rings. The minimum atomic E-state index is 0.175. The van der Waals surface area contributed by atoms with E-state index in [4.69, 9.17) is 0 Å². The molecule has 114 valence electrons. The molecule has 0 fully saturated rings. The minimum absolute atomic E-state index is 0.175. The van der Waals surface area contributed by atoms with E-state index >= 15 is 0 Å². The summed E-state index contributed by atoms with van der Waals surface area (Å²) in [7, 11) is 0. The summed E-state index contributed by atoms with van der Waals surface area (Å²) in [6.07, 6.45) is 4.07. The Labute approximate surface area is 132 Å². The fourth-order valence-electron chi connectivity index (χ4n) is 2.95. The summed E-state index contributed by atoms with van der Waals surface area (Å²) in [5, 5.41) is 6.99. The minimum Gasteiger partial charge on any atom is -0.305 e. The zero-order valence-electron chi connectivity index (χ0n) is 13.5. The molecule has 0 bridgehead atoms. The number of hydrogen-bond acceptors (Lipinski definition) is 3. The Hall–Kier alpha value is -1.19. The second-order valence-corrected chi connectivity index (χ2v) is 7.28. The summed E-state index contributed by atoms with van der Waals surface area (Å²) in [6, 6.07) is 11.6. The topological polar surface area (TPSA) is 24.9 Å². The van der Waals surface area contributed by atoms with Gasteiger partial charge in [-0.3, -0.25) is 0 Å². The molecule has 2 unspecified atom stereocenters. The van der Waals surface area contributed by atoms with E-state index in [1.807, 2.05) is 6.20 Å². The Balaban J connectivity index is 1.99. The van der Waals surface area contributed by atoms with Crippen molar-refractivity contribution in [3.05, 3.63) is 52.5 Å². The molecule has 0 amide bonds. The van der Waals surface area contributed by atoms with Crippen LogP contribution in [-0.2, 0) is 5.41 Å². The van der Waals surface area contributed by atoms with Gasteiger partial charge in [-0.1, -0.05) is 51.1 Å². The molecule has 1 N–H and O–H groups in total. The normalized spacial score (nSPS) is 14.9. The van der Waals surface area contributed by atoms with E-state index in [-0.39, 0.29) is 5.41 Å². The van der Waals surface area contributed by atoms with E-state index in [2.05, 4.69) is 73.7 Å². The number of thiazole rings is 1. The Morgan fingerprint density at radius 3 is 2.52 bits per heavy atom. The summed E-state index contributed by atoms with van der Waals surface area (Å²) in [5.41, 5.74) is 1.58. The van der Waals surface area contributed by atoms with Crippen LogP contribution < -0.4 is 5.32 Å². The van der Waals surface area contributed by atoms with Crippen LogP contribution in [0.1, 0.15) is 57.1 Å². The molecule has 0 aliphatic carbocycles. The van der Waals surface area contributed by atoms with E-state index < -0.39 is 0 Å². The molecule has 2 nitrogen and oxygen atoms in total. The van der Waals surface area contributed by atoms with Crippen LogP contribution in [0.3, 0.4) is 0 Å². The van der Waals surface area contributed by atoms with E-state index in [1.54, 1.807) is 11.3 Å². The number of aromatic nitrogens is 1. The highest BCUT2D eigenvalue weighted by atomic mass is 32.1. The molecule has 2 atom stereocenters. The van der Waals surface area contributed by atoms with Crippen LogP contribution in [0, 0.1) is 0 Å². The Morgan fingerprint density at radius 1 is 1.24 bits per heavy atom. The number of hydrogen-bond donors (Lipinski definition) is 1. The van der Waals surface area contributed by atoms with Crippen molar-refractivity contribution in [1.29, 1.82) is 0 Å². The van der Waals surface area contributed by atoms with Crippen molar-refractivity contribution < 1.29 is 0 Å². The van der Waals surface area contributed by atoms with Gasteiger partial charge in [-0.2, -0.15) is 0 Å². The van der Waals surface area contributed by atoms with Crippen LogP contribution in [-0.4, -0.2) is 11.0 Å². The van der Waals surface area contributed by atoms with Gasteiger partial charge in [0.2, 0.25) is 0 Å². The first-order chi connectivity index (χ1) is 10.0. The smallest absolute Gasteiger partial charge is 0.109 e. The second kappa shape index (κ2) is 7.19. The van der Waals surface area contributed by atoms with Crippen LogP contribution in [0.4, 0.5) is 0 Å². The average molecular weight is 302 g/mol. The van der Waals surface area contributed by atoms with Gasteiger partial charge in [-0.05, 0) is 30.7 Å². The van der Waals surface area contributed by atoms with Crippen molar-refractivity contribution in [1.82, 2.24) is 10.3 Å². The van der Waals surface area contributed by atoms with Crippen molar-refractivity contribution in [2.75, 3.05) is 0 Å². The molecule has 0 saturated carbocycles. The van der Waals surface area contributed by atoms with Crippen LogP contribution in [0.5, 0.6) is 0 Å². The molecule has 2 rings (SSSR count). The summed E-state index contributed by atoms with van der Waals surface area (Å²) in [4.78, 5) is 4.45. The van der Waals surface area contributed by atoms with Gasteiger partial charge in [0.15, 0.2) is 0 Å². The van der Waals surface area contributed by atoms with Crippen molar-refractivity contribution in [2.24, 2.45) is 0 Å². The first-order valence-electron chi connectivity index (χ1n) is 7.74. The molecule has 1 aromatic carbocycles. The lowest BCUT2D eigenvalue weighted by atomic mass is 9.79. The number of rotatable bonds is 7. The predicted molar refractivity (Wildman–Crippen MR) is 91.8 cm³/mol. The first kappa shape index (κ1) is 16.2. The highest BCUT2D eigenvalue weighted by molar-refractivity contribution is 7.09. The summed E-state index contributed by atoms with van der Waals surface area (Å²) >= 11 is 1.74. The fourth-order valence-corrected chi connectivity index (χ4v) is 3.73. The molecule has 21 heavy (non-hydrogen) atoms. The van der Waals surface area contributed by atoms with Crippen molar-refractivity contribution in [3.63, 3.8) is 0 Å². The molecule has 0 aliphatic rings. The van der Waals surface area contributed by atoms with Crippen LogP contribution >= 0.6 is 11.3 Å². The molecular weight excluding hydrogens is 276 g/mol. The molecule has 0 aliphatic heterocycles. The number of nitrogens with one attached hydrogen (secondary N) is 1. The monoisotopic (exact) mass is 302 g/mol. The van der Waals surface area contributed by atoms with Crippen LogP contribution in [0.25, 0.3) is 0 Å². The molecule has 0 radical (unpaired) electrons. The van der Waals surface area contributed by atoms with Crippen molar-refractivity contribution in [3.8, 4) is 0 Å². The van der Waals surface area contributed by atoms with Gasteiger partial charge in [0.25, 0.3) is 0 Å². The maximum Gasteiger partial charge on any atom is 0.109 e. The van der Waals surface area contributed by atoms with Gasteiger partial charge in [0.05, 0.1) is 6.04 Å². The summed E-state index contributed by atoms with van der Waals surface area (Å²) in [6.45, 7) is 9.14. The molecule has 3 heteroatoms. The second-order valence-electron chi connectivity index (χ2n) is 6.35. The van der Waals surface area contributed by atoms with E-state index in [9.17, 15) is 0 Å². The van der Waals surface area contributed by atoms with Crippen molar-refractivity contribution >= 4 is 11.3 Å². The molecular formula is C18H26N2S. The summed E-state index contributed by atoms with van der Waals surface area (Å²) < 4.78 is 0. The zero-order valence-corrected chi connectivity index (χ0v) is 14.3. The van der Waals surface area contributed by atoms with Crippen LogP contribution in [0.2, 0.25) is 0 Å². The summed E-state index contributed by atoms with van der Waals surface area (Å²) in [5.74, 6) is 0. The van der Waals surface area contributed by atoms with Crippen molar-refractivity contribution in [2.45, 2.75) is 58.0 Å². The van der Waals surface area contributed by atoms with Gasteiger partial charge in [-0.25, -0.2) is 4.98 Å². The highest BCUT2D eigenvalue weighted by Gasteiger charge is 2.24.